The van der Waals surface area contributed by atoms with Gasteiger partial charge in [-0.05, 0) is 49.4 Å². The van der Waals surface area contributed by atoms with Crippen molar-refractivity contribution in [3.8, 4) is 5.75 Å². The topological polar surface area (TPSA) is 65.7 Å². The molecule has 6 heteroatoms. The monoisotopic (exact) mass is 402 g/mol. The summed E-state index contributed by atoms with van der Waals surface area (Å²) in [4.78, 5) is 23.4. The molecule has 0 saturated heterocycles. The van der Waals surface area contributed by atoms with Crippen LogP contribution in [0.15, 0.2) is 62.2 Å². The predicted molar refractivity (Wildman–Crippen MR) is 96.9 cm³/mol. The van der Waals surface area contributed by atoms with Gasteiger partial charge in [-0.2, -0.15) is 0 Å². The summed E-state index contributed by atoms with van der Waals surface area (Å²) >= 11 is 3.36. The molecule has 1 heterocycles. The van der Waals surface area contributed by atoms with Crippen LogP contribution >= 0.6 is 15.9 Å². The van der Waals surface area contributed by atoms with Crippen LogP contribution < -0.4 is 10.4 Å². The van der Waals surface area contributed by atoms with Crippen molar-refractivity contribution in [3.05, 3.63) is 74.6 Å². The molecular weight excluding hydrogens is 388 g/mol. The molecule has 0 bridgehead atoms. The van der Waals surface area contributed by atoms with Crippen molar-refractivity contribution in [1.29, 1.82) is 0 Å². The largest absolute Gasteiger partial charge is 0.489 e. The Morgan fingerprint density at radius 1 is 1.12 bits per heavy atom. The maximum Gasteiger partial charge on any atom is 0.338 e. The molecule has 2 aromatic carbocycles. The van der Waals surface area contributed by atoms with Crippen LogP contribution in [0.2, 0.25) is 0 Å². The zero-order valence-electron chi connectivity index (χ0n) is 13.5. The third-order valence-corrected chi connectivity index (χ3v) is 4.05. The second kappa shape index (κ2) is 7.53. The molecule has 0 amide bonds. The maximum atomic E-state index is 11.7. The van der Waals surface area contributed by atoms with E-state index in [4.69, 9.17) is 13.9 Å². The van der Waals surface area contributed by atoms with E-state index >= 15 is 0 Å². The quantitative estimate of drug-likeness (QED) is 0.469. The van der Waals surface area contributed by atoms with Gasteiger partial charge < -0.3 is 13.9 Å². The second-order valence-corrected chi connectivity index (χ2v) is 6.18. The summed E-state index contributed by atoms with van der Waals surface area (Å²) in [6.45, 7) is 2.30. The number of carbonyl (C=O) groups is 1. The lowest BCUT2D eigenvalue weighted by Crippen LogP contribution is -2.05. The Bertz CT molecular complexity index is 960. The average molecular weight is 403 g/mol. The lowest BCUT2D eigenvalue weighted by molar-refractivity contribution is 0.0526. The van der Waals surface area contributed by atoms with Crippen molar-refractivity contribution in [1.82, 2.24) is 0 Å². The molecule has 0 aliphatic carbocycles. The normalized spacial score (nSPS) is 10.6. The van der Waals surface area contributed by atoms with E-state index in [0.29, 0.717) is 23.5 Å². The third-order valence-electron chi connectivity index (χ3n) is 3.55. The summed E-state index contributed by atoms with van der Waals surface area (Å²) in [5, 5.41) is 0.811. The summed E-state index contributed by atoms with van der Waals surface area (Å²) in [6, 6.07) is 13.6. The van der Waals surface area contributed by atoms with Crippen molar-refractivity contribution in [2.75, 3.05) is 6.61 Å². The fraction of sp³-hybridized carbons (Fsp3) is 0.158. The SMILES string of the molecule is CCOC(=O)c1ccc(OCc2cc(=O)oc3cc(Br)ccc23)cc1. The van der Waals surface area contributed by atoms with Gasteiger partial charge in [0.15, 0.2) is 0 Å². The minimum atomic E-state index is -0.429. The number of hydrogen-bond donors (Lipinski definition) is 0. The van der Waals surface area contributed by atoms with Gasteiger partial charge in [-0.25, -0.2) is 9.59 Å². The van der Waals surface area contributed by atoms with Crippen LogP contribution in [-0.2, 0) is 11.3 Å². The molecule has 3 aromatic rings. The highest BCUT2D eigenvalue weighted by molar-refractivity contribution is 9.10. The van der Waals surface area contributed by atoms with Gasteiger partial charge in [-0.3, -0.25) is 0 Å². The van der Waals surface area contributed by atoms with Gasteiger partial charge in [-0.15, -0.1) is 0 Å². The summed E-state index contributed by atoms with van der Waals surface area (Å²) in [5.74, 6) is 0.220. The smallest absolute Gasteiger partial charge is 0.338 e. The standard InChI is InChI=1S/C19H15BrO5/c1-2-23-19(22)12-3-6-15(7-4-12)24-11-13-9-18(21)25-17-10-14(20)5-8-16(13)17/h3-10H,2,11H2,1H3. The molecule has 0 aliphatic rings. The molecule has 0 fully saturated rings. The Morgan fingerprint density at radius 3 is 2.60 bits per heavy atom. The molecule has 0 atom stereocenters. The van der Waals surface area contributed by atoms with Gasteiger partial charge in [0.1, 0.15) is 17.9 Å². The van der Waals surface area contributed by atoms with Crippen LogP contribution in [0.1, 0.15) is 22.8 Å². The van der Waals surface area contributed by atoms with E-state index in [0.717, 1.165) is 15.4 Å². The van der Waals surface area contributed by atoms with Crippen LogP contribution in [0.25, 0.3) is 11.0 Å². The number of ether oxygens (including phenoxy) is 2. The van der Waals surface area contributed by atoms with Gasteiger partial charge in [0, 0.05) is 21.5 Å². The van der Waals surface area contributed by atoms with Crippen molar-refractivity contribution >= 4 is 32.9 Å². The Morgan fingerprint density at radius 2 is 1.88 bits per heavy atom. The summed E-state index contributed by atoms with van der Waals surface area (Å²) < 4.78 is 16.7. The molecule has 25 heavy (non-hydrogen) atoms. The first kappa shape index (κ1) is 17.2. The first-order chi connectivity index (χ1) is 12.1. The first-order valence-electron chi connectivity index (χ1n) is 7.69. The Kier molecular flexibility index (Phi) is 5.19. The van der Waals surface area contributed by atoms with Crippen LogP contribution in [0.5, 0.6) is 5.75 Å². The van der Waals surface area contributed by atoms with E-state index in [2.05, 4.69) is 15.9 Å². The average Bonchev–Trinajstić information content (AvgIpc) is 2.59. The van der Waals surface area contributed by atoms with Gasteiger partial charge in [-0.1, -0.05) is 15.9 Å². The number of hydrogen-bond acceptors (Lipinski definition) is 5. The molecule has 0 saturated carbocycles. The van der Waals surface area contributed by atoms with Crippen molar-refractivity contribution in [2.45, 2.75) is 13.5 Å². The molecule has 3 rings (SSSR count). The van der Waals surface area contributed by atoms with Crippen molar-refractivity contribution < 1.29 is 18.7 Å². The summed E-state index contributed by atoms with van der Waals surface area (Å²) in [6.07, 6.45) is 0. The Hall–Kier alpha value is -2.60. The van der Waals surface area contributed by atoms with Crippen LogP contribution in [0.4, 0.5) is 0 Å². The van der Waals surface area contributed by atoms with E-state index in [9.17, 15) is 9.59 Å². The highest BCUT2D eigenvalue weighted by Gasteiger charge is 2.09. The number of benzene rings is 2. The lowest BCUT2D eigenvalue weighted by Gasteiger charge is -2.09. The number of halogens is 1. The lowest BCUT2D eigenvalue weighted by atomic mass is 10.1. The van der Waals surface area contributed by atoms with E-state index < -0.39 is 5.63 Å². The molecule has 1 aromatic heterocycles. The zero-order chi connectivity index (χ0) is 17.8. The number of fused-ring (bicyclic) bond motifs is 1. The number of rotatable bonds is 5. The van der Waals surface area contributed by atoms with Gasteiger partial charge >= 0.3 is 11.6 Å². The highest BCUT2D eigenvalue weighted by Crippen LogP contribution is 2.23. The molecule has 0 N–H and O–H groups in total. The minimum absolute atomic E-state index is 0.211. The maximum absolute atomic E-state index is 11.7. The number of esters is 1. The number of carbonyl (C=O) groups excluding carboxylic acids is 1. The van der Waals surface area contributed by atoms with Crippen LogP contribution in [0, 0.1) is 0 Å². The Balaban J connectivity index is 1.79. The minimum Gasteiger partial charge on any atom is -0.489 e. The van der Waals surface area contributed by atoms with Gasteiger partial charge in [0.25, 0.3) is 0 Å². The van der Waals surface area contributed by atoms with E-state index in [1.54, 1.807) is 37.3 Å². The van der Waals surface area contributed by atoms with Crippen molar-refractivity contribution in [2.24, 2.45) is 0 Å². The zero-order valence-corrected chi connectivity index (χ0v) is 15.0. The molecule has 0 unspecified atom stereocenters. The third kappa shape index (κ3) is 4.09. The molecular formula is C19H15BrO5. The molecule has 0 spiro atoms. The van der Waals surface area contributed by atoms with E-state index in [1.165, 1.54) is 6.07 Å². The molecule has 128 valence electrons. The summed E-state index contributed by atoms with van der Waals surface area (Å²) in [5.41, 5.74) is 1.26. The van der Waals surface area contributed by atoms with Crippen LogP contribution in [-0.4, -0.2) is 12.6 Å². The van der Waals surface area contributed by atoms with Crippen molar-refractivity contribution in [3.63, 3.8) is 0 Å². The first-order valence-corrected chi connectivity index (χ1v) is 8.48. The molecule has 0 radical (unpaired) electrons. The summed E-state index contributed by atoms with van der Waals surface area (Å²) in [7, 11) is 0. The second-order valence-electron chi connectivity index (χ2n) is 5.26. The van der Waals surface area contributed by atoms with Crippen LogP contribution in [0.3, 0.4) is 0 Å². The van der Waals surface area contributed by atoms with E-state index in [1.807, 2.05) is 12.1 Å². The highest BCUT2D eigenvalue weighted by atomic mass is 79.9. The van der Waals surface area contributed by atoms with Gasteiger partial charge in [0.2, 0.25) is 0 Å². The molecule has 0 aliphatic heterocycles. The van der Waals surface area contributed by atoms with Gasteiger partial charge in [0.05, 0.1) is 12.2 Å². The van der Waals surface area contributed by atoms with E-state index in [-0.39, 0.29) is 12.6 Å². The fourth-order valence-corrected chi connectivity index (χ4v) is 2.73. The fourth-order valence-electron chi connectivity index (χ4n) is 2.39. The predicted octanol–water partition coefficient (Wildman–Crippen LogP) is 4.31. The Labute approximate surface area is 152 Å². The molecule has 5 nitrogen and oxygen atoms in total.